The molecule has 1 aliphatic heterocycles. The molecule has 3 heterocycles. The first-order valence-electron chi connectivity index (χ1n) is 10.5. The molecule has 0 amide bonds. The van der Waals surface area contributed by atoms with E-state index in [4.69, 9.17) is 16.0 Å². The zero-order valence-electron chi connectivity index (χ0n) is 18.9. The molecule has 3 aromatic rings. The number of anilines is 2. The van der Waals surface area contributed by atoms with Crippen molar-refractivity contribution in [3.05, 3.63) is 65.5 Å². The maximum absolute atomic E-state index is 10.8. The molecule has 1 unspecified atom stereocenters. The lowest BCUT2D eigenvalue weighted by Crippen LogP contribution is -2.26. The first-order valence-corrected chi connectivity index (χ1v) is 10.5. The summed E-state index contributed by atoms with van der Waals surface area (Å²) in [5, 5.41) is 31.0. The van der Waals surface area contributed by atoms with Gasteiger partial charge in [0.15, 0.2) is 6.23 Å². The molecule has 1 atom stereocenters. The predicted molar refractivity (Wildman–Crippen MR) is 126 cm³/mol. The molecular weight excluding hydrogens is 434 g/mol. The third kappa shape index (κ3) is 4.51. The second-order valence-corrected chi connectivity index (χ2v) is 8.45. The Morgan fingerprint density at radius 1 is 1.15 bits per heavy atom. The summed E-state index contributed by atoms with van der Waals surface area (Å²) in [6.45, 7) is 3.34. The lowest BCUT2D eigenvalue weighted by atomic mass is 10.0. The molecule has 0 radical (unpaired) electrons. The van der Waals surface area contributed by atoms with Crippen LogP contribution in [0.2, 0.25) is 0 Å². The van der Waals surface area contributed by atoms with E-state index < -0.39 is 18.0 Å². The van der Waals surface area contributed by atoms with Gasteiger partial charge < -0.3 is 20.4 Å². The van der Waals surface area contributed by atoms with Crippen LogP contribution < -0.4 is 5.32 Å². The van der Waals surface area contributed by atoms with E-state index in [0.717, 1.165) is 5.56 Å². The minimum atomic E-state index is -1.06. The fourth-order valence-corrected chi connectivity index (χ4v) is 3.57. The van der Waals surface area contributed by atoms with Crippen LogP contribution in [0.3, 0.4) is 0 Å². The van der Waals surface area contributed by atoms with Crippen molar-refractivity contribution in [2.24, 2.45) is 15.2 Å². The van der Waals surface area contributed by atoms with E-state index in [-0.39, 0.29) is 0 Å². The molecule has 0 spiro atoms. The number of hydrogen-bond donors (Lipinski definition) is 5. The molecule has 11 nitrogen and oxygen atoms in total. The van der Waals surface area contributed by atoms with Gasteiger partial charge in [0.25, 0.3) is 0 Å². The molecule has 0 bridgehead atoms. The van der Waals surface area contributed by atoms with Gasteiger partial charge in [0, 0.05) is 30.1 Å². The minimum absolute atomic E-state index is 0.398. The van der Waals surface area contributed by atoms with Gasteiger partial charge in [0.2, 0.25) is 6.17 Å². The summed E-state index contributed by atoms with van der Waals surface area (Å²) >= 11 is 0. The van der Waals surface area contributed by atoms with Gasteiger partial charge in [0.1, 0.15) is 11.4 Å². The Labute approximate surface area is 196 Å². The number of nitrogens with zero attached hydrogens (tertiary/aromatic N) is 6. The first-order chi connectivity index (χ1) is 16.2. The largest absolute Gasteiger partial charge is 0.384 e. The average molecular weight is 460 g/mol. The SMILES string of the molecule is CN1C=Nc2cc(-c3ccc(C(C)(C)O)nc3)nc(Nc3cccc(C(N=N)N=N)c3)c2C1O. The highest BCUT2D eigenvalue weighted by Crippen LogP contribution is 2.39. The van der Waals surface area contributed by atoms with E-state index in [1.165, 1.54) is 0 Å². The van der Waals surface area contributed by atoms with Crippen LogP contribution in [0.5, 0.6) is 0 Å². The fourth-order valence-electron chi connectivity index (χ4n) is 3.57. The third-order valence-electron chi connectivity index (χ3n) is 5.44. The van der Waals surface area contributed by atoms with Crippen molar-refractivity contribution in [3.63, 3.8) is 0 Å². The monoisotopic (exact) mass is 459 g/mol. The van der Waals surface area contributed by atoms with E-state index in [0.29, 0.717) is 39.7 Å². The number of pyridine rings is 2. The number of fused-ring (bicyclic) bond motifs is 1. The van der Waals surface area contributed by atoms with Gasteiger partial charge in [-0.1, -0.05) is 12.1 Å². The number of benzene rings is 1. The van der Waals surface area contributed by atoms with Crippen LogP contribution in [0.25, 0.3) is 11.3 Å². The normalized spacial score (nSPS) is 16.0. The van der Waals surface area contributed by atoms with Crippen molar-refractivity contribution in [1.29, 1.82) is 11.1 Å². The van der Waals surface area contributed by atoms with Gasteiger partial charge in [-0.25, -0.2) is 21.0 Å². The lowest BCUT2D eigenvalue weighted by molar-refractivity contribution is 0.0713. The van der Waals surface area contributed by atoms with E-state index in [9.17, 15) is 10.2 Å². The maximum atomic E-state index is 10.8. The highest BCUT2D eigenvalue weighted by Gasteiger charge is 2.26. The van der Waals surface area contributed by atoms with E-state index >= 15 is 0 Å². The molecular formula is C23H25N9O2. The van der Waals surface area contributed by atoms with Gasteiger partial charge in [-0.05, 0) is 44.2 Å². The summed E-state index contributed by atoms with van der Waals surface area (Å²) in [7, 11) is 1.71. The molecule has 5 N–H and O–H groups in total. The molecule has 174 valence electrons. The summed E-state index contributed by atoms with van der Waals surface area (Å²) < 4.78 is 0. The zero-order valence-corrected chi connectivity index (χ0v) is 18.9. The molecule has 11 heteroatoms. The summed E-state index contributed by atoms with van der Waals surface area (Å²) in [5.41, 5.74) is 17.5. The zero-order chi connectivity index (χ0) is 24.5. The Balaban J connectivity index is 1.79. The lowest BCUT2D eigenvalue weighted by Gasteiger charge is -2.28. The predicted octanol–water partition coefficient (Wildman–Crippen LogP) is 4.77. The molecule has 0 saturated heterocycles. The molecule has 0 fully saturated rings. The Hall–Kier alpha value is -4.09. The Bertz CT molecular complexity index is 1240. The van der Waals surface area contributed by atoms with E-state index in [1.807, 2.05) is 6.07 Å². The maximum Gasteiger partial charge on any atom is 0.205 e. The Morgan fingerprint density at radius 3 is 2.56 bits per heavy atom. The summed E-state index contributed by atoms with van der Waals surface area (Å²) in [4.78, 5) is 15.1. The molecule has 4 rings (SSSR count). The van der Waals surface area contributed by atoms with Gasteiger partial charge in [-0.15, -0.1) is 0 Å². The fraction of sp³-hybridized carbons (Fsp3) is 0.261. The van der Waals surface area contributed by atoms with Gasteiger partial charge >= 0.3 is 0 Å². The second kappa shape index (κ2) is 9.04. The number of rotatable bonds is 7. The van der Waals surface area contributed by atoms with E-state index in [1.54, 1.807) is 74.7 Å². The number of aromatic nitrogens is 2. The quantitative estimate of drug-likeness (QED) is 0.319. The molecule has 0 saturated carbocycles. The summed E-state index contributed by atoms with van der Waals surface area (Å²) in [6.07, 6.45) is 1.30. The molecule has 0 aliphatic carbocycles. The van der Waals surface area contributed by atoms with Gasteiger partial charge in [-0.2, -0.15) is 10.2 Å². The Morgan fingerprint density at radius 2 is 1.91 bits per heavy atom. The van der Waals surface area contributed by atoms with Crippen molar-refractivity contribution < 1.29 is 10.2 Å². The van der Waals surface area contributed by atoms with Crippen LogP contribution >= 0.6 is 0 Å². The van der Waals surface area contributed by atoms with Crippen molar-refractivity contribution >= 4 is 23.5 Å². The van der Waals surface area contributed by atoms with Crippen molar-refractivity contribution in [1.82, 2.24) is 14.9 Å². The number of aliphatic hydroxyl groups excluding tert-OH is 1. The van der Waals surface area contributed by atoms with Crippen LogP contribution in [0.4, 0.5) is 17.2 Å². The minimum Gasteiger partial charge on any atom is -0.384 e. The van der Waals surface area contributed by atoms with Crippen molar-refractivity contribution in [3.8, 4) is 11.3 Å². The molecule has 34 heavy (non-hydrogen) atoms. The topological polar surface area (TPSA) is 166 Å². The van der Waals surface area contributed by atoms with E-state index in [2.05, 4.69) is 25.5 Å². The highest BCUT2D eigenvalue weighted by molar-refractivity contribution is 5.78. The molecule has 1 aromatic carbocycles. The number of nitrogens with one attached hydrogen (secondary N) is 3. The van der Waals surface area contributed by atoms with Crippen LogP contribution in [-0.2, 0) is 5.60 Å². The summed E-state index contributed by atoms with van der Waals surface area (Å²) in [6, 6.07) is 12.4. The van der Waals surface area contributed by atoms with Crippen LogP contribution in [0, 0.1) is 11.1 Å². The standard InChI is InChI=1S/C23H25N9O2/c1-23(2,34)18-8-7-14(11-26-18)16-10-17-19(22(33)32(3)12-27-17)21(29-16)28-15-6-4-5-13(9-15)20(30-24)31-25/h4-12,20,22,24-25,33-34H,1-3H3,(H,28,29). The van der Waals surface area contributed by atoms with Crippen LogP contribution in [-0.4, -0.2) is 38.5 Å². The van der Waals surface area contributed by atoms with Gasteiger partial charge in [0.05, 0.1) is 29.0 Å². The first kappa shape index (κ1) is 23.1. The van der Waals surface area contributed by atoms with Crippen molar-refractivity contribution in [2.75, 3.05) is 12.4 Å². The number of aliphatic imine (C=N–C) groups is 1. The molecule has 1 aliphatic rings. The van der Waals surface area contributed by atoms with Crippen LogP contribution in [0.1, 0.15) is 43.1 Å². The average Bonchev–Trinajstić information content (AvgIpc) is 2.82. The Kier molecular flexibility index (Phi) is 6.14. The number of hydrogen-bond acceptors (Lipinski definition) is 11. The summed E-state index contributed by atoms with van der Waals surface area (Å²) in [5.74, 6) is 0.398. The van der Waals surface area contributed by atoms with Crippen LogP contribution in [0.15, 0.2) is 63.9 Å². The molecule has 2 aromatic heterocycles. The smallest absolute Gasteiger partial charge is 0.205 e. The second-order valence-electron chi connectivity index (χ2n) is 8.45. The highest BCUT2D eigenvalue weighted by atomic mass is 16.3. The van der Waals surface area contributed by atoms with Gasteiger partial charge in [-0.3, -0.25) is 4.98 Å². The number of aliphatic hydroxyl groups is 2. The third-order valence-corrected chi connectivity index (χ3v) is 5.44. The van der Waals surface area contributed by atoms with Crippen molar-refractivity contribution in [2.45, 2.75) is 31.8 Å².